The van der Waals surface area contributed by atoms with Gasteiger partial charge in [-0.2, -0.15) is 0 Å². The number of aliphatic hydroxyl groups excluding tert-OH is 1. The van der Waals surface area contributed by atoms with E-state index in [2.05, 4.69) is 0 Å². The number of rotatable bonds is 6. The van der Waals surface area contributed by atoms with Gasteiger partial charge < -0.3 is 19.8 Å². The van der Waals surface area contributed by atoms with Crippen molar-refractivity contribution in [3.8, 4) is 0 Å². The van der Waals surface area contributed by atoms with Crippen LogP contribution in [0.4, 0.5) is 0 Å². The minimum Gasteiger partial charge on any atom is -0.462 e. The molecule has 0 saturated carbocycles. The summed E-state index contributed by atoms with van der Waals surface area (Å²) in [5.74, 6) is -0.458. The summed E-state index contributed by atoms with van der Waals surface area (Å²) >= 11 is 6.37. The molecule has 0 aromatic rings. The molecule has 0 bridgehead atoms. The Bertz CT molecular complexity index is 300. The van der Waals surface area contributed by atoms with Gasteiger partial charge in [0, 0.05) is 13.2 Å². The third-order valence-corrected chi connectivity index (χ3v) is 4.04. The van der Waals surface area contributed by atoms with Crippen molar-refractivity contribution in [2.45, 2.75) is 25.5 Å². The van der Waals surface area contributed by atoms with Crippen molar-refractivity contribution in [1.29, 1.82) is 0 Å². The normalized spacial score (nSPS) is 24.2. The second kappa shape index (κ2) is 6.53. The van der Waals surface area contributed by atoms with E-state index in [0.717, 1.165) is 0 Å². The van der Waals surface area contributed by atoms with Crippen LogP contribution in [0.1, 0.15) is 19.8 Å². The molecule has 1 atom stereocenters. The van der Waals surface area contributed by atoms with Crippen molar-refractivity contribution in [2.75, 3.05) is 25.5 Å². The first-order chi connectivity index (χ1) is 8.06. The van der Waals surface area contributed by atoms with Crippen molar-refractivity contribution in [2.24, 2.45) is 0 Å². The highest BCUT2D eigenvalue weighted by Gasteiger charge is 2.49. The van der Waals surface area contributed by atoms with E-state index in [9.17, 15) is 9.90 Å². The number of carbonyl (C=O) groups is 1. The number of carbonyl (C=O) groups excluding carboxylic acids is 1. The molecule has 5 nitrogen and oxygen atoms in total. The molecule has 1 unspecified atom stereocenters. The van der Waals surface area contributed by atoms with Crippen LogP contribution in [0.15, 0.2) is 0 Å². The Morgan fingerprint density at radius 2 is 2.35 bits per heavy atom. The van der Waals surface area contributed by atoms with Crippen molar-refractivity contribution in [3.63, 3.8) is 0 Å². The zero-order valence-corrected chi connectivity index (χ0v) is 11.4. The quantitative estimate of drug-likeness (QED) is 0.413. The first kappa shape index (κ1) is 14.7. The topological polar surface area (TPSA) is 70.0 Å². The van der Waals surface area contributed by atoms with Crippen LogP contribution in [0.5, 0.6) is 0 Å². The van der Waals surface area contributed by atoms with E-state index in [4.69, 9.17) is 22.1 Å². The van der Waals surface area contributed by atoms with Crippen LogP contribution in [0.3, 0.4) is 0 Å². The van der Waals surface area contributed by atoms with E-state index >= 15 is 0 Å². The van der Waals surface area contributed by atoms with Gasteiger partial charge in [0.25, 0.3) is 0 Å². The Kier molecular flexibility index (Phi) is 5.64. The fraction of sp³-hybridized carbons (Fsp3) is 0.800. The molecule has 1 rings (SSSR count). The van der Waals surface area contributed by atoms with E-state index in [0.29, 0.717) is 23.7 Å². The number of ether oxygens (including phenoxy) is 1. The van der Waals surface area contributed by atoms with Gasteiger partial charge in [-0.1, -0.05) is 24.0 Å². The third-order valence-electron chi connectivity index (χ3n) is 2.46. The highest BCUT2D eigenvalue weighted by Crippen LogP contribution is 2.32. The molecule has 2 N–H and O–H groups in total. The number of nitrogens with zero attached hydrogens (tertiary/aromatic N) is 1. The molecule has 0 radical (unpaired) electrons. The number of thiocarbonyl (C=S) groups is 1. The number of hydrogen-bond acceptors (Lipinski definition) is 6. The molecule has 7 heteroatoms. The van der Waals surface area contributed by atoms with Crippen molar-refractivity contribution in [3.05, 3.63) is 0 Å². The summed E-state index contributed by atoms with van der Waals surface area (Å²) in [6.07, 6.45) is 1.28. The summed E-state index contributed by atoms with van der Waals surface area (Å²) in [4.78, 5) is 13.2. The second-order valence-electron chi connectivity index (χ2n) is 3.67. The lowest BCUT2D eigenvalue weighted by Crippen LogP contribution is -2.54. The molecule has 1 heterocycles. The Labute approximate surface area is 110 Å². The molecule has 0 aromatic heterocycles. The average Bonchev–Trinajstić information content (AvgIpc) is 2.59. The van der Waals surface area contributed by atoms with E-state index in [-0.39, 0.29) is 19.0 Å². The monoisotopic (exact) mass is 279 g/mol. The molecule has 1 aliphatic heterocycles. The van der Waals surface area contributed by atoms with Gasteiger partial charge in [-0.15, -0.1) is 0 Å². The van der Waals surface area contributed by atoms with Gasteiger partial charge in [0.1, 0.15) is 4.32 Å². The standard InChI is InChI=1S/C10H17NO4S2/c1-2-15-8(13)10(14)7-17-9(16)11(10)5-3-4-6-12/h12,14H,2-7H2,1H3. The summed E-state index contributed by atoms with van der Waals surface area (Å²) in [5, 5.41) is 19.0. The predicted molar refractivity (Wildman–Crippen MR) is 69.7 cm³/mol. The lowest BCUT2D eigenvalue weighted by atomic mass is 10.2. The maximum absolute atomic E-state index is 11.7. The first-order valence-electron chi connectivity index (χ1n) is 5.51. The second-order valence-corrected chi connectivity index (χ2v) is 5.28. The van der Waals surface area contributed by atoms with Crippen LogP contribution in [0, 0.1) is 0 Å². The SMILES string of the molecule is CCOC(=O)C1(O)CSC(=S)N1CCCCO. The van der Waals surface area contributed by atoms with Crippen LogP contribution >= 0.6 is 24.0 Å². The summed E-state index contributed by atoms with van der Waals surface area (Å²) in [5.41, 5.74) is -1.65. The molecule has 98 valence electrons. The summed E-state index contributed by atoms with van der Waals surface area (Å²) in [6, 6.07) is 0. The summed E-state index contributed by atoms with van der Waals surface area (Å²) < 4.78 is 5.36. The van der Waals surface area contributed by atoms with E-state index < -0.39 is 11.7 Å². The number of esters is 1. The van der Waals surface area contributed by atoms with E-state index in [1.165, 1.54) is 16.7 Å². The number of hydrogen-bond donors (Lipinski definition) is 2. The van der Waals surface area contributed by atoms with Gasteiger partial charge in [0.2, 0.25) is 5.72 Å². The lowest BCUT2D eigenvalue weighted by molar-refractivity contribution is -0.175. The molecular formula is C10H17NO4S2. The van der Waals surface area contributed by atoms with Crippen LogP contribution in [0.2, 0.25) is 0 Å². The van der Waals surface area contributed by atoms with Gasteiger partial charge in [0.05, 0.1) is 12.4 Å². The van der Waals surface area contributed by atoms with Crippen molar-refractivity contribution in [1.82, 2.24) is 4.90 Å². The average molecular weight is 279 g/mol. The molecule has 0 amide bonds. The fourth-order valence-corrected chi connectivity index (χ4v) is 2.96. The number of unbranched alkanes of at least 4 members (excludes halogenated alkanes) is 1. The molecular weight excluding hydrogens is 262 g/mol. The Hall–Kier alpha value is -0.370. The van der Waals surface area contributed by atoms with Gasteiger partial charge >= 0.3 is 5.97 Å². The van der Waals surface area contributed by atoms with Crippen LogP contribution in [0.25, 0.3) is 0 Å². The van der Waals surface area contributed by atoms with Gasteiger partial charge in [-0.3, -0.25) is 0 Å². The molecule has 0 aromatic carbocycles. The highest BCUT2D eigenvalue weighted by atomic mass is 32.2. The molecule has 0 aliphatic carbocycles. The van der Waals surface area contributed by atoms with Crippen LogP contribution in [-0.4, -0.2) is 56.6 Å². The van der Waals surface area contributed by atoms with E-state index in [1.54, 1.807) is 6.92 Å². The number of aliphatic hydroxyl groups is 2. The van der Waals surface area contributed by atoms with Gasteiger partial charge in [-0.05, 0) is 19.8 Å². The maximum Gasteiger partial charge on any atom is 0.360 e. The Balaban J connectivity index is 2.68. The zero-order valence-electron chi connectivity index (χ0n) is 9.72. The largest absolute Gasteiger partial charge is 0.462 e. The Morgan fingerprint density at radius 1 is 1.65 bits per heavy atom. The molecule has 1 aliphatic rings. The maximum atomic E-state index is 11.7. The minimum atomic E-state index is -1.65. The molecule has 1 fully saturated rings. The van der Waals surface area contributed by atoms with Crippen LogP contribution < -0.4 is 0 Å². The van der Waals surface area contributed by atoms with E-state index in [1.807, 2.05) is 0 Å². The Morgan fingerprint density at radius 3 is 2.94 bits per heavy atom. The number of thioether (sulfide) groups is 1. The predicted octanol–water partition coefficient (Wildman–Crippen LogP) is 0.344. The van der Waals surface area contributed by atoms with Crippen LogP contribution in [-0.2, 0) is 9.53 Å². The van der Waals surface area contributed by atoms with Gasteiger partial charge in [-0.25, -0.2) is 4.79 Å². The van der Waals surface area contributed by atoms with Crippen molar-refractivity contribution >= 4 is 34.3 Å². The molecule has 1 saturated heterocycles. The minimum absolute atomic E-state index is 0.0889. The van der Waals surface area contributed by atoms with Gasteiger partial charge in [0.15, 0.2) is 0 Å². The molecule has 0 spiro atoms. The highest BCUT2D eigenvalue weighted by molar-refractivity contribution is 8.23. The smallest absolute Gasteiger partial charge is 0.360 e. The third kappa shape index (κ3) is 3.31. The fourth-order valence-electron chi connectivity index (χ4n) is 1.54. The first-order valence-corrected chi connectivity index (χ1v) is 6.90. The summed E-state index contributed by atoms with van der Waals surface area (Å²) in [7, 11) is 0. The summed E-state index contributed by atoms with van der Waals surface area (Å²) in [6.45, 7) is 2.45. The molecule has 17 heavy (non-hydrogen) atoms. The zero-order chi connectivity index (χ0) is 12.9. The van der Waals surface area contributed by atoms with Crippen molar-refractivity contribution < 1.29 is 19.7 Å². The lowest BCUT2D eigenvalue weighted by Gasteiger charge is -2.31.